The molecule has 1 aromatic rings. The Morgan fingerprint density at radius 3 is 2.52 bits per heavy atom. The zero-order valence-corrected chi connectivity index (χ0v) is 12.9. The number of piperazine rings is 1. The molecule has 1 aliphatic rings. The normalized spacial score (nSPS) is 15.2. The third kappa shape index (κ3) is 3.71. The van der Waals surface area contributed by atoms with E-state index in [0.29, 0.717) is 24.5 Å². The van der Waals surface area contributed by atoms with E-state index < -0.39 is 0 Å². The summed E-state index contributed by atoms with van der Waals surface area (Å²) >= 11 is 0. The Kier molecular flexibility index (Phi) is 4.77. The lowest BCUT2D eigenvalue weighted by molar-refractivity contribution is 0.192. The molecule has 0 bridgehead atoms. The average molecular weight is 292 g/mol. The predicted molar refractivity (Wildman–Crippen MR) is 84.9 cm³/mol. The summed E-state index contributed by atoms with van der Waals surface area (Å²) in [5, 5.41) is 2.92. The number of anilines is 2. The number of methoxy groups -OCH3 is 1. The topological polar surface area (TPSA) is 70.8 Å². The first-order valence-electron chi connectivity index (χ1n) is 7.25. The molecule has 0 aliphatic carbocycles. The van der Waals surface area contributed by atoms with Crippen molar-refractivity contribution >= 4 is 17.4 Å². The lowest BCUT2D eigenvalue weighted by Crippen LogP contribution is -2.52. The fourth-order valence-electron chi connectivity index (χ4n) is 2.40. The van der Waals surface area contributed by atoms with Gasteiger partial charge in [-0.3, -0.25) is 0 Å². The molecule has 0 radical (unpaired) electrons. The molecule has 0 saturated carbocycles. The minimum Gasteiger partial charge on any atom is -0.495 e. The van der Waals surface area contributed by atoms with Crippen LogP contribution in [0.5, 0.6) is 5.75 Å². The van der Waals surface area contributed by atoms with Gasteiger partial charge in [-0.2, -0.15) is 0 Å². The SMILES string of the molecule is COc1cc(N2CCN(C(=O)NC(C)C)CC2)ccc1N. The maximum atomic E-state index is 12.0. The molecular formula is C15H24N4O2. The number of carbonyl (C=O) groups excluding carboxylic acids is 1. The maximum absolute atomic E-state index is 12.0. The highest BCUT2D eigenvalue weighted by Gasteiger charge is 2.21. The van der Waals surface area contributed by atoms with Crippen LogP contribution in [-0.2, 0) is 0 Å². The van der Waals surface area contributed by atoms with Gasteiger partial charge in [-0.15, -0.1) is 0 Å². The number of hydrogen-bond donors (Lipinski definition) is 2. The zero-order chi connectivity index (χ0) is 15.4. The lowest BCUT2D eigenvalue weighted by Gasteiger charge is -2.36. The molecule has 0 unspecified atom stereocenters. The highest BCUT2D eigenvalue weighted by Crippen LogP contribution is 2.27. The Morgan fingerprint density at radius 1 is 1.29 bits per heavy atom. The van der Waals surface area contributed by atoms with Gasteiger partial charge in [0.25, 0.3) is 0 Å². The second-order valence-electron chi connectivity index (χ2n) is 5.50. The summed E-state index contributed by atoms with van der Waals surface area (Å²) in [6, 6.07) is 5.96. The highest BCUT2D eigenvalue weighted by molar-refractivity contribution is 5.75. The second kappa shape index (κ2) is 6.56. The zero-order valence-electron chi connectivity index (χ0n) is 12.9. The maximum Gasteiger partial charge on any atom is 0.317 e. The van der Waals surface area contributed by atoms with E-state index >= 15 is 0 Å². The number of nitrogens with one attached hydrogen (secondary N) is 1. The number of rotatable bonds is 3. The Bertz CT molecular complexity index is 496. The van der Waals surface area contributed by atoms with E-state index in [0.717, 1.165) is 18.8 Å². The summed E-state index contributed by atoms with van der Waals surface area (Å²) < 4.78 is 5.25. The number of nitrogens with zero attached hydrogens (tertiary/aromatic N) is 2. The molecule has 6 nitrogen and oxygen atoms in total. The summed E-state index contributed by atoms with van der Waals surface area (Å²) in [4.78, 5) is 16.0. The molecular weight excluding hydrogens is 268 g/mol. The minimum absolute atomic E-state index is 0.0135. The number of ether oxygens (including phenoxy) is 1. The Hall–Kier alpha value is -2.11. The van der Waals surface area contributed by atoms with Gasteiger partial charge in [-0.1, -0.05) is 0 Å². The van der Waals surface area contributed by atoms with Crippen LogP contribution in [0.15, 0.2) is 18.2 Å². The summed E-state index contributed by atoms with van der Waals surface area (Å²) in [6.45, 7) is 6.97. The van der Waals surface area contributed by atoms with Gasteiger partial charge in [-0.25, -0.2) is 4.79 Å². The second-order valence-corrected chi connectivity index (χ2v) is 5.50. The molecule has 1 aromatic carbocycles. The Balaban J connectivity index is 1.96. The monoisotopic (exact) mass is 292 g/mol. The van der Waals surface area contributed by atoms with Crippen molar-refractivity contribution in [2.24, 2.45) is 0 Å². The van der Waals surface area contributed by atoms with Gasteiger partial charge in [0.2, 0.25) is 0 Å². The molecule has 2 rings (SSSR count). The standard InChI is InChI=1S/C15H24N4O2/c1-11(2)17-15(20)19-8-6-18(7-9-19)12-4-5-13(16)14(10-12)21-3/h4-5,10-11H,6-9,16H2,1-3H3,(H,17,20). The molecule has 1 heterocycles. The van der Waals surface area contributed by atoms with Crippen LogP contribution in [0.2, 0.25) is 0 Å². The summed E-state index contributed by atoms with van der Waals surface area (Å²) in [5.74, 6) is 0.687. The molecule has 0 atom stereocenters. The molecule has 1 saturated heterocycles. The van der Waals surface area contributed by atoms with Gasteiger partial charge < -0.3 is 25.6 Å². The third-order valence-electron chi connectivity index (χ3n) is 3.56. The van der Waals surface area contributed by atoms with Crippen LogP contribution in [0.1, 0.15) is 13.8 Å². The molecule has 6 heteroatoms. The van der Waals surface area contributed by atoms with Gasteiger partial charge in [0.05, 0.1) is 12.8 Å². The van der Waals surface area contributed by atoms with Crippen LogP contribution in [0.3, 0.4) is 0 Å². The molecule has 0 spiro atoms. The fraction of sp³-hybridized carbons (Fsp3) is 0.533. The number of carbonyl (C=O) groups is 1. The molecule has 0 aromatic heterocycles. The van der Waals surface area contributed by atoms with E-state index in [1.54, 1.807) is 7.11 Å². The lowest BCUT2D eigenvalue weighted by atomic mass is 10.2. The molecule has 116 valence electrons. The summed E-state index contributed by atoms with van der Waals surface area (Å²) in [6.07, 6.45) is 0. The average Bonchev–Trinajstić information content (AvgIpc) is 2.47. The van der Waals surface area contributed by atoms with Crippen molar-refractivity contribution in [3.05, 3.63) is 18.2 Å². The van der Waals surface area contributed by atoms with Crippen LogP contribution in [0, 0.1) is 0 Å². The smallest absolute Gasteiger partial charge is 0.317 e. The van der Waals surface area contributed by atoms with E-state index in [1.807, 2.05) is 36.9 Å². The number of urea groups is 1. The quantitative estimate of drug-likeness (QED) is 0.829. The van der Waals surface area contributed by atoms with E-state index in [-0.39, 0.29) is 12.1 Å². The summed E-state index contributed by atoms with van der Waals surface area (Å²) in [7, 11) is 1.61. The van der Waals surface area contributed by atoms with Crippen LogP contribution < -0.4 is 20.7 Å². The van der Waals surface area contributed by atoms with Crippen molar-refractivity contribution in [2.45, 2.75) is 19.9 Å². The predicted octanol–water partition coefficient (Wildman–Crippen LogP) is 1.52. The number of nitrogens with two attached hydrogens (primary N) is 1. The van der Waals surface area contributed by atoms with Crippen LogP contribution in [-0.4, -0.2) is 50.3 Å². The molecule has 1 aliphatic heterocycles. The van der Waals surface area contributed by atoms with Gasteiger partial charge in [0.15, 0.2) is 0 Å². The number of benzene rings is 1. The van der Waals surface area contributed by atoms with Gasteiger partial charge in [0, 0.05) is 44.0 Å². The first-order chi connectivity index (χ1) is 10.0. The van der Waals surface area contributed by atoms with Crippen molar-refractivity contribution in [3.63, 3.8) is 0 Å². The summed E-state index contributed by atoms with van der Waals surface area (Å²) in [5.41, 5.74) is 7.54. The number of nitrogen functional groups attached to an aromatic ring is 1. The van der Waals surface area contributed by atoms with Crippen LogP contribution in [0.4, 0.5) is 16.2 Å². The van der Waals surface area contributed by atoms with Gasteiger partial charge in [0.1, 0.15) is 5.75 Å². The van der Waals surface area contributed by atoms with E-state index in [4.69, 9.17) is 10.5 Å². The van der Waals surface area contributed by atoms with Gasteiger partial charge >= 0.3 is 6.03 Å². The van der Waals surface area contributed by atoms with E-state index in [9.17, 15) is 4.79 Å². The van der Waals surface area contributed by atoms with Crippen molar-refractivity contribution in [3.8, 4) is 5.75 Å². The first-order valence-corrected chi connectivity index (χ1v) is 7.25. The van der Waals surface area contributed by atoms with Crippen LogP contribution in [0.25, 0.3) is 0 Å². The van der Waals surface area contributed by atoms with Crippen molar-refractivity contribution in [1.29, 1.82) is 0 Å². The fourth-order valence-corrected chi connectivity index (χ4v) is 2.40. The van der Waals surface area contributed by atoms with Gasteiger partial charge in [-0.05, 0) is 26.0 Å². The van der Waals surface area contributed by atoms with Crippen molar-refractivity contribution in [1.82, 2.24) is 10.2 Å². The third-order valence-corrected chi connectivity index (χ3v) is 3.56. The number of amides is 2. The van der Waals surface area contributed by atoms with Crippen molar-refractivity contribution < 1.29 is 9.53 Å². The Labute approximate surface area is 125 Å². The molecule has 2 amide bonds. The minimum atomic E-state index is 0.0135. The van der Waals surface area contributed by atoms with E-state index in [1.165, 1.54) is 0 Å². The molecule has 3 N–H and O–H groups in total. The molecule has 1 fully saturated rings. The largest absolute Gasteiger partial charge is 0.495 e. The number of hydrogen-bond acceptors (Lipinski definition) is 4. The van der Waals surface area contributed by atoms with Crippen LogP contribution >= 0.6 is 0 Å². The highest BCUT2D eigenvalue weighted by atomic mass is 16.5. The Morgan fingerprint density at radius 2 is 1.95 bits per heavy atom. The van der Waals surface area contributed by atoms with Crippen molar-refractivity contribution in [2.75, 3.05) is 43.9 Å². The van der Waals surface area contributed by atoms with E-state index in [2.05, 4.69) is 10.2 Å². The first kappa shape index (κ1) is 15.3. The molecule has 21 heavy (non-hydrogen) atoms.